The Morgan fingerprint density at radius 2 is 2.35 bits per heavy atom. The molecule has 0 aliphatic heterocycles. The van der Waals surface area contributed by atoms with Gasteiger partial charge in [-0.3, -0.25) is 15.5 Å². The molecule has 0 spiro atoms. The van der Waals surface area contributed by atoms with Crippen molar-refractivity contribution in [3.05, 3.63) is 16.3 Å². The summed E-state index contributed by atoms with van der Waals surface area (Å²) in [6, 6.07) is 0. The fourth-order valence-corrected chi connectivity index (χ4v) is 2.40. The fraction of sp³-hybridized carbons (Fsp3) is 0.636. The van der Waals surface area contributed by atoms with E-state index < -0.39 is 4.92 Å². The molecule has 1 aromatic heterocycles. The number of aliphatic hydroxyl groups is 1. The van der Waals surface area contributed by atoms with E-state index in [1.54, 1.807) is 0 Å². The molecule has 2 unspecified atom stereocenters. The minimum absolute atomic E-state index is 0.113. The Bertz CT molecular complexity index is 483. The fourth-order valence-electron chi connectivity index (χ4n) is 2.40. The highest BCUT2D eigenvalue weighted by Crippen LogP contribution is 2.26. The number of hydrogen-bond donors (Lipinski definition) is 4. The Morgan fingerprint density at radius 3 is 3.00 bits per heavy atom. The van der Waals surface area contributed by atoms with Gasteiger partial charge in [0, 0.05) is 6.54 Å². The van der Waals surface area contributed by atoms with Crippen LogP contribution in [0.4, 0.5) is 17.5 Å². The lowest BCUT2D eigenvalue weighted by atomic mass is 9.87. The molecule has 110 valence electrons. The Morgan fingerprint density at radius 1 is 1.55 bits per heavy atom. The van der Waals surface area contributed by atoms with Crippen LogP contribution in [0.2, 0.25) is 0 Å². The molecule has 1 fully saturated rings. The maximum Gasteiger partial charge on any atom is 0.329 e. The van der Waals surface area contributed by atoms with E-state index in [4.69, 9.17) is 5.84 Å². The first-order chi connectivity index (χ1) is 9.60. The average molecular weight is 282 g/mol. The lowest BCUT2D eigenvalue weighted by molar-refractivity contribution is -0.384. The highest BCUT2D eigenvalue weighted by atomic mass is 16.6. The summed E-state index contributed by atoms with van der Waals surface area (Å²) >= 11 is 0. The molecule has 0 radical (unpaired) electrons. The predicted octanol–water partition coefficient (Wildman–Crippen LogP) is 0.633. The van der Waals surface area contributed by atoms with Crippen LogP contribution >= 0.6 is 0 Å². The first-order valence-corrected chi connectivity index (χ1v) is 6.50. The van der Waals surface area contributed by atoms with Crippen molar-refractivity contribution in [2.75, 3.05) is 17.3 Å². The van der Waals surface area contributed by atoms with Crippen molar-refractivity contribution in [2.24, 2.45) is 11.8 Å². The van der Waals surface area contributed by atoms with Gasteiger partial charge in [0.05, 0.1) is 11.0 Å². The maximum atomic E-state index is 10.9. The van der Waals surface area contributed by atoms with Crippen molar-refractivity contribution in [3.8, 4) is 0 Å². The number of hydrazine groups is 1. The van der Waals surface area contributed by atoms with Crippen molar-refractivity contribution in [1.29, 1.82) is 0 Å². The van der Waals surface area contributed by atoms with Crippen LogP contribution in [0.25, 0.3) is 0 Å². The lowest BCUT2D eigenvalue weighted by Gasteiger charge is -2.25. The maximum absolute atomic E-state index is 10.9. The van der Waals surface area contributed by atoms with Crippen molar-refractivity contribution < 1.29 is 10.0 Å². The Hall–Kier alpha value is -2.00. The highest BCUT2D eigenvalue weighted by Gasteiger charge is 2.22. The third-order valence-electron chi connectivity index (χ3n) is 3.41. The van der Waals surface area contributed by atoms with Crippen molar-refractivity contribution in [1.82, 2.24) is 9.97 Å². The second-order valence-corrected chi connectivity index (χ2v) is 4.90. The molecule has 9 heteroatoms. The first-order valence-electron chi connectivity index (χ1n) is 6.50. The van der Waals surface area contributed by atoms with Gasteiger partial charge in [-0.1, -0.05) is 6.42 Å². The second kappa shape index (κ2) is 6.44. The van der Waals surface area contributed by atoms with Crippen LogP contribution in [0, 0.1) is 16.0 Å². The molecule has 0 aromatic carbocycles. The predicted molar refractivity (Wildman–Crippen MR) is 73.0 cm³/mol. The van der Waals surface area contributed by atoms with Gasteiger partial charge >= 0.3 is 5.69 Å². The molecule has 20 heavy (non-hydrogen) atoms. The SMILES string of the molecule is NNc1ncc([N+](=O)[O-])c(NCC2CCCC(O)C2)n1. The molecule has 2 atom stereocenters. The number of aromatic nitrogens is 2. The minimum atomic E-state index is -0.543. The number of anilines is 2. The summed E-state index contributed by atoms with van der Waals surface area (Å²) in [5, 5.41) is 23.5. The van der Waals surface area contributed by atoms with E-state index in [1.807, 2.05) is 0 Å². The number of aliphatic hydroxyl groups excluding tert-OH is 1. The van der Waals surface area contributed by atoms with E-state index >= 15 is 0 Å². The molecule has 9 nitrogen and oxygen atoms in total. The number of nitrogen functional groups attached to an aromatic ring is 1. The van der Waals surface area contributed by atoms with Crippen LogP contribution in [0.15, 0.2) is 6.20 Å². The number of nitrogens with zero attached hydrogens (tertiary/aromatic N) is 3. The van der Waals surface area contributed by atoms with Crippen molar-refractivity contribution in [2.45, 2.75) is 31.8 Å². The van der Waals surface area contributed by atoms with Gasteiger partial charge in [0.25, 0.3) is 0 Å². The van der Waals surface area contributed by atoms with Crippen LogP contribution in [-0.2, 0) is 0 Å². The van der Waals surface area contributed by atoms with E-state index in [1.165, 1.54) is 0 Å². The van der Waals surface area contributed by atoms with Gasteiger partial charge < -0.3 is 10.4 Å². The second-order valence-electron chi connectivity index (χ2n) is 4.90. The standard InChI is InChI=1S/C11H18N6O3/c12-16-11-14-6-9(17(19)20)10(15-11)13-5-7-2-1-3-8(18)4-7/h6-8,18H,1-5,12H2,(H2,13,14,15,16). The van der Waals surface area contributed by atoms with Gasteiger partial charge in [0.2, 0.25) is 11.8 Å². The van der Waals surface area contributed by atoms with E-state index in [2.05, 4.69) is 20.7 Å². The summed E-state index contributed by atoms with van der Waals surface area (Å²) in [5.74, 6) is 5.73. The van der Waals surface area contributed by atoms with E-state index in [-0.39, 0.29) is 29.5 Å². The molecule has 0 amide bonds. The molecule has 0 bridgehead atoms. The molecule has 0 saturated heterocycles. The number of hydrogen-bond acceptors (Lipinski definition) is 8. The summed E-state index contributed by atoms with van der Waals surface area (Å²) in [4.78, 5) is 18.0. The molecular weight excluding hydrogens is 264 g/mol. The summed E-state index contributed by atoms with van der Waals surface area (Å²) in [6.07, 6.45) is 4.32. The molecular formula is C11H18N6O3. The third kappa shape index (κ3) is 3.52. The zero-order chi connectivity index (χ0) is 14.5. The number of nitrogens with two attached hydrogens (primary N) is 1. The van der Waals surface area contributed by atoms with Gasteiger partial charge in [0.1, 0.15) is 6.20 Å². The molecule has 1 saturated carbocycles. The van der Waals surface area contributed by atoms with Crippen molar-refractivity contribution in [3.63, 3.8) is 0 Å². The number of rotatable bonds is 5. The average Bonchev–Trinajstić information content (AvgIpc) is 2.44. The molecule has 1 aliphatic carbocycles. The quantitative estimate of drug-likeness (QED) is 0.350. The van der Waals surface area contributed by atoms with Crippen LogP contribution in [-0.4, -0.2) is 32.6 Å². The highest BCUT2D eigenvalue weighted by molar-refractivity contribution is 5.56. The van der Waals surface area contributed by atoms with Gasteiger partial charge in [-0.15, -0.1) is 0 Å². The Balaban J connectivity index is 2.05. The van der Waals surface area contributed by atoms with Crippen LogP contribution < -0.4 is 16.6 Å². The van der Waals surface area contributed by atoms with Gasteiger partial charge in [-0.05, 0) is 25.2 Å². The largest absolute Gasteiger partial charge is 0.393 e. The first kappa shape index (κ1) is 14.4. The van der Waals surface area contributed by atoms with Crippen LogP contribution in [0.1, 0.15) is 25.7 Å². The Labute approximate surface area is 115 Å². The van der Waals surface area contributed by atoms with Crippen LogP contribution in [0.3, 0.4) is 0 Å². The minimum Gasteiger partial charge on any atom is -0.393 e. The zero-order valence-electron chi connectivity index (χ0n) is 11.0. The van der Waals surface area contributed by atoms with Gasteiger partial charge in [-0.2, -0.15) is 4.98 Å². The van der Waals surface area contributed by atoms with Crippen LogP contribution in [0.5, 0.6) is 0 Å². The molecule has 5 N–H and O–H groups in total. The normalized spacial score (nSPS) is 22.3. The Kier molecular flexibility index (Phi) is 4.64. The number of nitro groups is 1. The zero-order valence-corrected chi connectivity index (χ0v) is 11.0. The smallest absolute Gasteiger partial charge is 0.329 e. The van der Waals surface area contributed by atoms with E-state index in [0.717, 1.165) is 25.5 Å². The molecule has 2 rings (SSSR count). The van der Waals surface area contributed by atoms with Crippen molar-refractivity contribution >= 4 is 17.5 Å². The summed E-state index contributed by atoms with van der Waals surface area (Å²) in [6.45, 7) is 0.527. The van der Waals surface area contributed by atoms with Gasteiger partial charge in [0.15, 0.2) is 0 Å². The monoisotopic (exact) mass is 282 g/mol. The molecule has 1 heterocycles. The molecule has 1 aliphatic rings. The van der Waals surface area contributed by atoms with E-state index in [9.17, 15) is 15.2 Å². The summed E-state index contributed by atoms with van der Waals surface area (Å²) in [7, 11) is 0. The summed E-state index contributed by atoms with van der Waals surface area (Å²) < 4.78 is 0. The topological polar surface area (TPSA) is 139 Å². The third-order valence-corrected chi connectivity index (χ3v) is 3.41. The summed E-state index contributed by atoms with van der Waals surface area (Å²) in [5.41, 5.74) is 2.06. The lowest BCUT2D eigenvalue weighted by Crippen LogP contribution is -2.25. The van der Waals surface area contributed by atoms with E-state index in [0.29, 0.717) is 13.0 Å². The molecule has 1 aromatic rings. The van der Waals surface area contributed by atoms with Gasteiger partial charge in [-0.25, -0.2) is 10.8 Å². The number of nitrogens with one attached hydrogen (secondary N) is 2.